The zero-order chi connectivity index (χ0) is 8.72. The molecule has 3 N–H and O–H groups in total. The fourth-order valence-corrected chi connectivity index (χ4v) is 1.63. The highest BCUT2D eigenvalue weighted by Gasteiger charge is 2.25. The zero-order valence-corrected chi connectivity index (χ0v) is 7.33. The van der Waals surface area contributed by atoms with Gasteiger partial charge in [-0.3, -0.25) is 0 Å². The molecule has 64 valence electrons. The molecule has 3 nitrogen and oxygen atoms in total. The summed E-state index contributed by atoms with van der Waals surface area (Å²) in [6.07, 6.45) is 6.31. The van der Waals surface area contributed by atoms with Gasteiger partial charge in [0.05, 0.1) is 0 Å². The summed E-state index contributed by atoms with van der Waals surface area (Å²) in [5.41, 5.74) is 8.37. The topological polar surface area (TPSA) is 41.3 Å². The summed E-state index contributed by atoms with van der Waals surface area (Å²) in [5.74, 6) is 0.817. The van der Waals surface area contributed by atoms with Crippen LogP contribution in [-0.4, -0.2) is 18.1 Å². The van der Waals surface area contributed by atoms with E-state index in [1.807, 2.05) is 24.2 Å². The molecule has 0 aliphatic carbocycles. The van der Waals surface area contributed by atoms with Crippen LogP contribution in [0, 0.1) is 0 Å². The van der Waals surface area contributed by atoms with Crippen LogP contribution in [-0.2, 0) is 0 Å². The summed E-state index contributed by atoms with van der Waals surface area (Å²) in [5, 5.41) is 3.24. The van der Waals surface area contributed by atoms with Crippen molar-refractivity contribution in [2.24, 2.45) is 5.73 Å². The molecule has 0 aromatic carbocycles. The van der Waals surface area contributed by atoms with E-state index >= 15 is 0 Å². The van der Waals surface area contributed by atoms with Gasteiger partial charge in [0.15, 0.2) is 0 Å². The van der Waals surface area contributed by atoms with Crippen molar-refractivity contribution in [3.63, 3.8) is 0 Å². The maximum atomic E-state index is 5.81. The van der Waals surface area contributed by atoms with E-state index in [9.17, 15) is 0 Å². The van der Waals surface area contributed by atoms with E-state index in [0.717, 1.165) is 5.82 Å². The molecule has 2 aliphatic rings. The molecule has 0 saturated heterocycles. The summed E-state index contributed by atoms with van der Waals surface area (Å²) < 4.78 is 0. The molecule has 0 amide bonds. The smallest absolute Gasteiger partial charge is 0.126 e. The standard InChI is InChI=1S/C9H13N3/c1-6-5-8(10)12(2)9-7(6)3-4-11-9/h3-5,9,11H,10H2,1-2H3. The Labute approximate surface area is 72.2 Å². The first-order valence-corrected chi connectivity index (χ1v) is 4.03. The third kappa shape index (κ3) is 0.826. The fraction of sp³-hybridized carbons (Fsp3) is 0.333. The van der Waals surface area contributed by atoms with Gasteiger partial charge in [-0.1, -0.05) is 0 Å². The Morgan fingerprint density at radius 1 is 1.58 bits per heavy atom. The quantitative estimate of drug-likeness (QED) is 0.546. The number of likely N-dealkylation sites (N-methyl/N-ethyl adjacent to an activating group) is 1. The Kier molecular flexibility index (Phi) is 1.40. The van der Waals surface area contributed by atoms with Crippen LogP contribution in [0.1, 0.15) is 6.92 Å². The first-order chi connectivity index (χ1) is 5.70. The Morgan fingerprint density at radius 3 is 3.08 bits per heavy atom. The molecular formula is C9H13N3. The lowest BCUT2D eigenvalue weighted by atomic mass is 10.0. The molecule has 2 heterocycles. The molecule has 0 bridgehead atoms. The van der Waals surface area contributed by atoms with Gasteiger partial charge >= 0.3 is 0 Å². The number of rotatable bonds is 0. The first-order valence-electron chi connectivity index (χ1n) is 4.03. The van der Waals surface area contributed by atoms with Crippen LogP contribution in [0.15, 0.2) is 35.3 Å². The van der Waals surface area contributed by atoms with Gasteiger partial charge in [0.25, 0.3) is 0 Å². The average molecular weight is 163 g/mol. The summed E-state index contributed by atoms with van der Waals surface area (Å²) in [6, 6.07) is 0. The van der Waals surface area contributed by atoms with Crippen molar-refractivity contribution in [3.05, 3.63) is 35.3 Å². The van der Waals surface area contributed by atoms with E-state index in [1.165, 1.54) is 11.1 Å². The van der Waals surface area contributed by atoms with Crippen LogP contribution in [0.25, 0.3) is 0 Å². The fourth-order valence-electron chi connectivity index (χ4n) is 1.63. The highest BCUT2D eigenvalue weighted by molar-refractivity contribution is 5.43. The second-order valence-electron chi connectivity index (χ2n) is 3.22. The van der Waals surface area contributed by atoms with Crippen LogP contribution >= 0.6 is 0 Å². The van der Waals surface area contributed by atoms with E-state index in [1.54, 1.807) is 0 Å². The minimum Gasteiger partial charge on any atom is -0.385 e. The molecule has 0 radical (unpaired) electrons. The van der Waals surface area contributed by atoms with Gasteiger partial charge in [0.2, 0.25) is 0 Å². The molecule has 2 aliphatic heterocycles. The number of allylic oxidation sites excluding steroid dienone is 2. The van der Waals surface area contributed by atoms with Crippen molar-refractivity contribution in [1.29, 1.82) is 0 Å². The normalized spacial score (nSPS) is 27.0. The van der Waals surface area contributed by atoms with E-state index in [4.69, 9.17) is 5.73 Å². The molecule has 2 rings (SSSR count). The number of hydrogen-bond acceptors (Lipinski definition) is 3. The lowest BCUT2D eigenvalue weighted by Crippen LogP contribution is -2.43. The van der Waals surface area contributed by atoms with Gasteiger partial charge < -0.3 is 16.0 Å². The number of fused-ring (bicyclic) bond motifs is 1. The van der Waals surface area contributed by atoms with Crippen LogP contribution in [0.2, 0.25) is 0 Å². The lowest BCUT2D eigenvalue weighted by Gasteiger charge is -2.32. The summed E-state index contributed by atoms with van der Waals surface area (Å²) in [7, 11) is 1.99. The second-order valence-corrected chi connectivity index (χ2v) is 3.22. The van der Waals surface area contributed by atoms with E-state index in [0.29, 0.717) is 0 Å². The molecule has 0 aromatic heterocycles. The van der Waals surface area contributed by atoms with E-state index in [2.05, 4.69) is 18.3 Å². The highest BCUT2D eigenvalue weighted by atomic mass is 15.3. The molecule has 0 spiro atoms. The monoisotopic (exact) mass is 163 g/mol. The SMILES string of the molecule is CC1=C2C=CNC2N(C)C(N)=C1. The largest absolute Gasteiger partial charge is 0.385 e. The predicted octanol–water partition coefficient (Wildman–Crippen LogP) is 0.491. The first kappa shape index (κ1) is 7.28. The van der Waals surface area contributed by atoms with Gasteiger partial charge in [0.1, 0.15) is 12.0 Å². The van der Waals surface area contributed by atoms with Crippen molar-refractivity contribution in [2.45, 2.75) is 13.1 Å². The van der Waals surface area contributed by atoms with Crippen molar-refractivity contribution < 1.29 is 0 Å². The minimum absolute atomic E-state index is 0.245. The van der Waals surface area contributed by atoms with Gasteiger partial charge in [-0.25, -0.2) is 0 Å². The maximum Gasteiger partial charge on any atom is 0.126 e. The molecule has 1 atom stereocenters. The minimum atomic E-state index is 0.245. The number of hydrogen-bond donors (Lipinski definition) is 2. The molecular weight excluding hydrogens is 150 g/mol. The third-order valence-corrected chi connectivity index (χ3v) is 2.43. The van der Waals surface area contributed by atoms with Crippen molar-refractivity contribution >= 4 is 0 Å². The third-order valence-electron chi connectivity index (χ3n) is 2.43. The number of nitrogens with one attached hydrogen (secondary N) is 1. The summed E-state index contributed by atoms with van der Waals surface area (Å²) in [4.78, 5) is 2.03. The van der Waals surface area contributed by atoms with Crippen LogP contribution < -0.4 is 11.1 Å². The highest BCUT2D eigenvalue weighted by Crippen LogP contribution is 2.25. The van der Waals surface area contributed by atoms with Crippen molar-refractivity contribution in [1.82, 2.24) is 10.2 Å². The molecule has 3 heteroatoms. The second kappa shape index (κ2) is 2.30. The Morgan fingerprint density at radius 2 is 2.33 bits per heavy atom. The van der Waals surface area contributed by atoms with Crippen LogP contribution in [0.4, 0.5) is 0 Å². The molecule has 0 aromatic rings. The summed E-state index contributed by atoms with van der Waals surface area (Å²) >= 11 is 0. The van der Waals surface area contributed by atoms with E-state index < -0.39 is 0 Å². The lowest BCUT2D eigenvalue weighted by molar-refractivity contribution is 0.315. The van der Waals surface area contributed by atoms with Crippen LogP contribution in [0.5, 0.6) is 0 Å². The number of nitrogens with two attached hydrogens (primary N) is 1. The summed E-state index contributed by atoms with van der Waals surface area (Å²) in [6.45, 7) is 2.08. The van der Waals surface area contributed by atoms with Crippen LogP contribution in [0.3, 0.4) is 0 Å². The number of nitrogens with zero attached hydrogens (tertiary/aromatic N) is 1. The zero-order valence-electron chi connectivity index (χ0n) is 7.33. The van der Waals surface area contributed by atoms with Gasteiger partial charge in [-0.05, 0) is 36.4 Å². The van der Waals surface area contributed by atoms with Gasteiger partial charge in [-0.2, -0.15) is 0 Å². The molecule has 0 fully saturated rings. The van der Waals surface area contributed by atoms with Gasteiger partial charge in [-0.15, -0.1) is 0 Å². The predicted molar refractivity (Wildman–Crippen MR) is 48.8 cm³/mol. The Bertz CT molecular complexity index is 299. The molecule has 1 unspecified atom stereocenters. The Hall–Kier alpha value is -1.38. The van der Waals surface area contributed by atoms with Gasteiger partial charge in [0, 0.05) is 7.05 Å². The molecule has 0 saturated carbocycles. The Balaban J connectivity index is 2.44. The molecule has 12 heavy (non-hydrogen) atoms. The van der Waals surface area contributed by atoms with Crippen molar-refractivity contribution in [3.8, 4) is 0 Å². The average Bonchev–Trinajstić information content (AvgIpc) is 2.48. The van der Waals surface area contributed by atoms with Crippen molar-refractivity contribution in [2.75, 3.05) is 7.05 Å². The van der Waals surface area contributed by atoms with E-state index in [-0.39, 0.29) is 6.17 Å². The maximum absolute atomic E-state index is 5.81.